The van der Waals surface area contributed by atoms with Crippen LogP contribution < -0.4 is 10.6 Å². The lowest BCUT2D eigenvalue weighted by atomic mass is 10.2. The SMILES string of the molecule is Nc1cc(-c2ccc(N3CCOCC3)nc2)[nH]n1. The molecule has 1 fully saturated rings. The molecule has 0 aromatic carbocycles. The maximum atomic E-state index is 5.58. The van der Waals surface area contributed by atoms with E-state index in [1.807, 2.05) is 18.3 Å². The zero-order chi connectivity index (χ0) is 12.4. The molecule has 3 heterocycles. The molecular weight excluding hydrogens is 230 g/mol. The monoisotopic (exact) mass is 245 g/mol. The third kappa shape index (κ3) is 2.14. The van der Waals surface area contributed by atoms with E-state index in [4.69, 9.17) is 10.5 Å². The van der Waals surface area contributed by atoms with Crippen LogP contribution in [0.1, 0.15) is 0 Å². The molecule has 0 aliphatic carbocycles. The van der Waals surface area contributed by atoms with Crippen molar-refractivity contribution in [3.8, 4) is 11.3 Å². The molecule has 0 unspecified atom stereocenters. The Kier molecular flexibility index (Phi) is 2.85. The van der Waals surface area contributed by atoms with Crippen LogP contribution in [0, 0.1) is 0 Å². The molecule has 3 N–H and O–H groups in total. The molecule has 3 rings (SSSR count). The van der Waals surface area contributed by atoms with Crippen LogP contribution in [0.4, 0.5) is 11.6 Å². The van der Waals surface area contributed by atoms with Crippen molar-refractivity contribution in [3.05, 3.63) is 24.4 Å². The first-order valence-corrected chi connectivity index (χ1v) is 5.93. The number of nitrogens with two attached hydrogens (primary N) is 1. The average Bonchev–Trinajstić information content (AvgIpc) is 2.87. The minimum atomic E-state index is 0.488. The molecule has 94 valence electrons. The number of nitrogen functional groups attached to an aromatic ring is 1. The Balaban J connectivity index is 1.80. The first-order chi connectivity index (χ1) is 8.83. The minimum Gasteiger partial charge on any atom is -0.382 e. The summed E-state index contributed by atoms with van der Waals surface area (Å²) >= 11 is 0. The molecule has 0 saturated carbocycles. The number of rotatable bonds is 2. The number of hydrogen-bond acceptors (Lipinski definition) is 5. The second-order valence-electron chi connectivity index (χ2n) is 4.21. The lowest BCUT2D eigenvalue weighted by molar-refractivity contribution is 0.122. The molecule has 18 heavy (non-hydrogen) atoms. The molecule has 1 aliphatic heterocycles. The van der Waals surface area contributed by atoms with Gasteiger partial charge < -0.3 is 15.4 Å². The molecule has 2 aromatic rings. The Labute approximate surface area is 105 Å². The van der Waals surface area contributed by atoms with Gasteiger partial charge in [0.25, 0.3) is 0 Å². The predicted octanol–water partition coefficient (Wildman–Crippen LogP) is 0.890. The Morgan fingerprint density at radius 1 is 1.28 bits per heavy atom. The summed E-state index contributed by atoms with van der Waals surface area (Å²) in [5.74, 6) is 1.47. The van der Waals surface area contributed by atoms with Gasteiger partial charge in [0, 0.05) is 30.9 Å². The van der Waals surface area contributed by atoms with Gasteiger partial charge in [-0.3, -0.25) is 5.10 Å². The van der Waals surface area contributed by atoms with Crippen LogP contribution in [0.15, 0.2) is 24.4 Å². The van der Waals surface area contributed by atoms with E-state index < -0.39 is 0 Å². The summed E-state index contributed by atoms with van der Waals surface area (Å²) in [4.78, 5) is 6.69. The van der Waals surface area contributed by atoms with Crippen LogP contribution in [-0.2, 0) is 4.74 Å². The molecule has 1 aliphatic rings. The van der Waals surface area contributed by atoms with Crippen molar-refractivity contribution < 1.29 is 4.74 Å². The zero-order valence-electron chi connectivity index (χ0n) is 9.97. The van der Waals surface area contributed by atoms with Crippen molar-refractivity contribution in [2.45, 2.75) is 0 Å². The fourth-order valence-electron chi connectivity index (χ4n) is 2.01. The lowest BCUT2D eigenvalue weighted by Gasteiger charge is -2.27. The Morgan fingerprint density at radius 3 is 2.72 bits per heavy atom. The number of ether oxygens (including phenoxy) is 1. The number of aromatic nitrogens is 3. The summed E-state index contributed by atoms with van der Waals surface area (Å²) in [6.45, 7) is 3.31. The highest BCUT2D eigenvalue weighted by Crippen LogP contribution is 2.20. The van der Waals surface area contributed by atoms with Gasteiger partial charge in [-0.25, -0.2) is 4.98 Å². The second kappa shape index (κ2) is 4.66. The first-order valence-electron chi connectivity index (χ1n) is 5.93. The molecule has 0 atom stereocenters. The quantitative estimate of drug-likeness (QED) is 0.821. The number of H-pyrrole nitrogens is 1. The molecule has 0 bridgehead atoms. The smallest absolute Gasteiger partial charge is 0.145 e. The number of hydrogen-bond donors (Lipinski definition) is 2. The lowest BCUT2D eigenvalue weighted by Crippen LogP contribution is -2.36. The number of aromatic amines is 1. The van der Waals surface area contributed by atoms with Gasteiger partial charge in [-0.1, -0.05) is 0 Å². The number of morpholine rings is 1. The number of anilines is 2. The van der Waals surface area contributed by atoms with Crippen molar-refractivity contribution in [2.75, 3.05) is 36.9 Å². The number of nitrogens with one attached hydrogen (secondary N) is 1. The molecule has 0 amide bonds. The van der Waals surface area contributed by atoms with Crippen molar-refractivity contribution in [3.63, 3.8) is 0 Å². The highest BCUT2D eigenvalue weighted by atomic mass is 16.5. The van der Waals surface area contributed by atoms with E-state index in [2.05, 4.69) is 20.1 Å². The fraction of sp³-hybridized carbons (Fsp3) is 0.333. The average molecular weight is 245 g/mol. The molecular formula is C12H15N5O. The number of pyridine rings is 1. The van der Waals surface area contributed by atoms with Crippen LogP contribution in [0.3, 0.4) is 0 Å². The van der Waals surface area contributed by atoms with Crippen molar-refractivity contribution >= 4 is 11.6 Å². The minimum absolute atomic E-state index is 0.488. The molecule has 0 spiro atoms. The molecule has 2 aromatic heterocycles. The first kappa shape index (κ1) is 11.0. The van der Waals surface area contributed by atoms with Crippen molar-refractivity contribution in [1.82, 2.24) is 15.2 Å². The summed E-state index contributed by atoms with van der Waals surface area (Å²) in [6.07, 6.45) is 1.83. The highest BCUT2D eigenvalue weighted by Gasteiger charge is 2.12. The van der Waals surface area contributed by atoms with E-state index in [0.717, 1.165) is 43.4 Å². The summed E-state index contributed by atoms with van der Waals surface area (Å²) < 4.78 is 5.32. The van der Waals surface area contributed by atoms with E-state index >= 15 is 0 Å². The van der Waals surface area contributed by atoms with Gasteiger partial charge in [0.2, 0.25) is 0 Å². The van der Waals surface area contributed by atoms with Crippen molar-refractivity contribution in [2.24, 2.45) is 0 Å². The van der Waals surface area contributed by atoms with Crippen LogP contribution in [0.2, 0.25) is 0 Å². The molecule has 6 heteroatoms. The standard InChI is InChI=1S/C12H15N5O/c13-11-7-10(15-16-11)9-1-2-12(14-8-9)17-3-5-18-6-4-17/h1-2,7-8H,3-6H2,(H3,13,15,16). The predicted molar refractivity (Wildman–Crippen MR) is 69.3 cm³/mol. The maximum Gasteiger partial charge on any atom is 0.145 e. The Morgan fingerprint density at radius 2 is 2.11 bits per heavy atom. The van der Waals surface area contributed by atoms with Gasteiger partial charge in [0.15, 0.2) is 0 Å². The van der Waals surface area contributed by atoms with Gasteiger partial charge in [-0.2, -0.15) is 5.10 Å². The van der Waals surface area contributed by atoms with E-state index in [1.54, 1.807) is 6.07 Å². The van der Waals surface area contributed by atoms with Crippen molar-refractivity contribution in [1.29, 1.82) is 0 Å². The van der Waals surface area contributed by atoms with Crippen LogP contribution >= 0.6 is 0 Å². The molecule has 0 radical (unpaired) electrons. The summed E-state index contributed by atoms with van der Waals surface area (Å²) in [7, 11) is 0. The summed E-state index contributed by atoms with van der Waals surface area (Å²) in [5, 5.41) is 6.78. The van der Waals surface area contributed by atoms with E-state index in [-0.39, 0.29) is 0 Å². The second-order valence-corrected chi connectivity index (χ2v) is 4.21. The van der Waals surface area contributed by atoms with Gasteiger partial charge in [-0.05, 0) is 12.1 Å². The fourth-order valence-corrected chi connectivity index (χ4v) is 2.01. The van der Waals surface area contributed by atoms with Crippen LogP contribution in [0.25, 0.3) is 11.3 Å². The van der Waals surface area contributed by atoms with Gasteiger partial charge >= 0.3 is 0 Å². The molecule has 6 nitrogen and oxygen atoms in total. The van der Waals surface area contributed by atoms with E-state index in [1.165, 1.54) is 0 Å². The molecule has 1 saturated heterocycles. The van der Waals surface area contributed by atoms with E-state index in [0.29, 0.717) is 5.82 Å². The normalized spacial score (nSPS) is 15.9. The van der Waals surface area contributed by atoms with E-state index in [9.17, 15) is 0 Å². The highest BCUT2D eigenvalue weighted by molar-refractivity contribution is 5.62. The van der Waals surface area contributed by atoms with Gasteiger partial charge in [-0.15, -0.1) is 0 Å². The third-order valence-corrected chi connectivity index (χ3v) is 2.99. The maximum absolute atomic E-state index is 5.58. The Hall–Kier alpha value is -2.08. The number of nitrogens with zero attached hydrogens (tertiary/aromatic N) is 3. The van der Waals surface area contributed by atoms with Gasteiger partial charge in [0.05, 0.1) is 18.9 Å². The Bertz CT molecular complexity index is 516. The summed E-state index contributed by atoms with van der Waals surface area (Å²) in [6, 6.07) is 5.83. The summed E-state index contributed by atoms with van der Waals surface area (Å²) in [5.41, 5.74) is 7.44. The topological polar surface area (TPSA) is 80.1 Å². The van der Waals surface area contributed by atoms with Crippen LogP contribution in [0.5, 0.6) is 0 Å². The van der Waals surface area contributed by atoms with Gasteiger partial charge in [0.1, 0.15) is 11.6 Å². The largest absolute Gasteiger partial charge is 0.382 e. The zero-order valence-corrected chi connectivity index (χ0v) is 9.97. The van der Waals surface area contributed by atoms with Crippen LogP contribution in [-0.4, -0.2) is 41.5 Å². The third-order valence-electron chi connectivity index (χ3n) is 2.99.